The van der Waals surface area contributed by atoms with Gasteiger partial charge in [0.25, 0.3) is 0 Å². The molecule has 0 saturated carbocycles. The van der Waals surface area contributed by atoms with E-state index in [9.17, 15) is 4.79 Å². The van der Waals surface area contributed by atoms with Gasteiger partial charge in [-0.1, -0.05) is 18.2 Å². The lowest BCUT2D eigenvalue weighted by Crippen LogP contribution is -2.14. The molecule has 0 aliphatic carbocycles. The van der Waals surface area contributed by atoms with Gasteiger partial charge in [0.15, 0.2) is 0 Å². The number of H-pyrrole nitrogens is 1. The first kappa shape index (κ1) is 10.2. The van der Waals surface area contributed by atoms with Gasteiger partial charge in [-0.3, -0.25) is 9.89 Å². The second-order valence-electron chi connectivity index (χ2n) is 3.41. The summed E-state index contributed by atoms with van der Waals surface area (Å²) in [4.78, 5) is 11.6. The van der Waals surface area contributed by atoms with Crippen molar-refractivity contribution in [3.05, 3.63) is 42.2 Å². The number of aromatic nitrogens is 2. The van der Waals surface area contributed by atoms with E-state index < -0.39 is 0 Å². The topological polar surface area (TPSA) is 83.8 Å². The molecular weight excluding hydrogens is 204 g/mol. The molecule has 2 aromatic rings. The zero-order chi connectivity index (χ0) is 11.4. The van der Waals surface area contributed by atoms with E-state index in [1.165, 1.54) is 0 Å². The Morgan fingerprint density at radius 1 is 1.44 bits per heavy atom. The Kier molecular flexibility index (Phi) is 2.86. The summed E-state index contributed by atoms with van der Waals surface area (Å²) in [6.07, 6.45) is 3.43. The molecule has 0 spiro atoms. The summed E-state index contributed by atoms with van der Waals surface area (Å²) in [5.41, 5.74) is 7.85. The number of nitrogens with two attached hydrogens (primary N) is 1. The van der Waals surface area contributed by atoms with Crippen molar-refractivity contribution >= 4 is 17.3 Å². The third-order valence-corrected chi connectivity index (χ3v) is 2.19. The van der Waals surface area contributed by atoms with Crippen molar-refractivity contribution in [1.82, 2.24) is 10.2 Å². The lowest BCUT2D eigenvalue weighted by molar-refractivity contribution is -0.115. The smallest absolute Gasteiger partial charge is 0.228 e. The van der Waals surface area contributed by atoms with Crippen molar-refractivity contribution in [3.8, 4) is 0 Å². The molecule has 5 heteroatoms. The van der Waals surface area contributed by atoms with E-state index in [0.717, 1.165) is 5.56 Å². The molecule has 1 amide bonds. The predicted octanol–water partition coefficient (Wildman–Crippen LogP) is 1.17. The summed E-state index contributed by atoms with van der Waals surface area (Å²) < 4.78 is 0. The fourth-order valence-corrected chi connectivity index (χ4v) is 1.39. The van der Waals surface area contributed by atoms with Gasteiger partial charge in [0.05, 0.1) is 18.3 Å². The molecule has 0 atom stereocenters. The third kappa shape index (κ3) is 2.38. The van der Waals surface area contributed by atoms with Crippen LogP contribution in [0.25, 0.3) is 0 Å². The number of hydrogen-bond acceptors (Lipinski definition) is 3. The fraction of sp³-hybridized carbons (Fsp3) is 0.0909. The zero-order valence-corrected chi connectivity index (χ0v) is 8.60. The van der Waals surface area contributed by atoms with E-state index >= 15 is 0 Å². The number of hydrogen-bond donors (Lipinski definition) is 3. The molecule has 0 aliphatic rings. The molecule has 0 unspecified atom stereocenters. The second-order valence-corrected chi connectivity index (χ2v) is 3.41. The molecular formula is C11H12N4O. The van der Waals surface area contributed by atoms with Gasteiger partial charge in [-0.2, -0.15) is 5.10 Å². The molecule has 0 fully saturated rings. The minimum absolute atomic E-state index is 0.112. The van der Waals surface area contributed by atoms with Crippen LogP contribution in [0.2, 0.25) is 0 Å². The highest BCUT2D eigenvalue weighted by Gasteiger charge is 2.06. The molecule has 1 aromatic carbocycles. The molecule has 2 rings (SSSR count). The van der Waals surface area contributed by atoms with Gasteiger partial charge in [0.2, 0.25) is 5.91 Å². The first-order valence-corrected chi connectivity index (χ1v) is 4.88. The molecule has 5 nitrogen and oxygen atoms in total. The highest BCUT2D eigenvalue weighted by atomic mass is 16.1. The first-order valence-electron chi connectivity index (χ1n) is 4.88. The van der Waals surface area contributed by atoms with Crippen LogP contribution in [0.1, 0.15) is 5.56 Å². The highest BCUT2D eigenvalue weighted by molar-refractivity contribution is 5.92. The molecule has 0 aliphatic heterocycles. The number of aromatic amines is 1. The summed E-state index contributed by atoms with van der Waals surface area (Å²) in [5, 5.41) is 9.07. The van der Waals surface area contributed by atoms with Crippen molar-refractivity contribution in [2.24, 2.45) is 0 Å². The molecule has 16 heavy (non-hydrogen) atoms. The Bertz CT molecular complexity index is 478. The highest BCUT2D eigenvalue weighted by Crippen LogP contribution is 2.12. The number of carbonyl (C=O) groups excluding carboxylic acids is 1. The van der Waals surface area contributed by atoms with Gasteiger partial charge < -0.3 is 11.1 Å². The molecule has 1 aromatic heterocycles. The van der Waals surface area contributed by atoms with Crippen LogP contribution >= 0.6 is 0 Å². The monoisotopic (exact) mass is 216 g/mol. The van der Waals surface area contributed by atoms with Crippen molar-refractivity contribution in [3.63, 3.8) is 0 Å². The van der Waals surface area contributed by atoms with Crippen LogP contribution in [0.5, 0.6) is 0 Å². The molecule has 0 bridgehead atoms. The van der Waals surface area contributed by atoms with E-state index in [1.807, 2.05) is 18.2 Å². The molecule has 0 saturated heterocycles. The number of nitrogen functional groups attached to an aromatic ring is 1. The van der Waals surface area contributed by atoms with E-state index in [0.29, 0.717) is 11.4 Å². The van der Waals surface area contributed by atoms with E-state index in [4.69, 9.17) is 5.73 Å². The average molecular weight is 216 g/mol. The number of benzene rings is 1. The van der Waals surface area contributed by atoms with Gasteiger partial charge in [0, 0.05) is 11.9 Å². The minimum atomic E-state index is -0.112. The summed E-state index contributed by atoms with van der Waals surface area (Å²) in [6.45, 7) is 0. The number of nitrogens with one attached hydrogen (secondary N) is 2. The van der Waals surface area contributed by atoms with Crippen molar-refractivity contribution < 1.29 is 4.79 Å². The molecule has 4 N–H and O–H groups in total. The number of rotatable bonds is 3. The number of anilines is 2. The molecule has 0 radical (unpaired) electrons. The van der Waals surface area contributed by atoms with Crippen molar-refractivity contribution in [1.29, 1.82) is 0 Å². The summed E-state index contributed by atoms with van der Waals surface area (Å²) in [7, 11) is 0. The maximum Gasteiger partial charge on any atom is 0.228 e. The maximum atomic E-state index is 11.6. The van der Waals surface area contributed by atoms with Gasteiger partial charge in [-0.05, 0) is 11.6 Å². The second kappa shape index (κ2) is 4.48. The average Bonchev–Trinajstić information content (AvgIpc) is 2.74. The number of carbonyl (C=O) groups is 1. The number of amides is 1. The predicted molar refractivity (Wildman–Crippen MR) is 61.8 cm³/mol. The minimum Gasteiger partial charge on any atom is -0.398 e. The van der Waals surface area contributed by atoms with Crippen LogP contribution in [-0.4, -0.2) is 16.1 Å². The fourth-order valence-electron chi connectivity index (χ4n) is 1.39. The first-order chi connectivity index (χ1) is 7.75. The Morgan fingerprint density at radius 2 is 2.25 bits per heavy atom. The number of para-hydroxylation sites is 1. The summed E-state index contributed by atoms with van der Waals surface area (Å²) in [6, 6.07) is 7.31. The van der Waals surface area contributed by atoms with Crippen LogP contribution in [-0.2, 0) is 11.2 Å². The van der Waals surface area contributed by atoms with Crippen LogP contribution in [0.3, 0.4) is 0 Å². The van der Waals surface area contributed by atoms with E-state index in [1.54, 1.807) is 18.5 Å². The SMILES string of the molecule is Nc1ccccc1CC(=O)Nc1cn[nH]c1. The van der Waals surface area contributed by atoms with Crippen LogP contribution in [0.4, 0.5) is 11.4 Å². The lowest BCUT2D eigenvalue weighted by atomic mass is 10.1. The maximum absolute atomic E-state index is 11.6. The van der Waals surface area contributed by atoms with Gasteiger partial charge >= 0.3 is 0 Å². The van der Waals surface area contributed by atoms with Crippen molar-refractivity contribution in [2.75, 3.05) is 11.1 Å². The quantitative estimate of drug-likeness (QED) is 0.673. The van der Waals surface area contributed by atoms with Crippen LogP contribution in [0, 0.1) is 0 Å². The third-order valence-electron chi connectivity index (χ3n) is 2.19. The standard InChI is InChI=1S/C11H12N4O/c12-10-4-2-1-3-8(10)5-11(16)15-9-6-13-14-7-9/h1-4,6-7H,5,12H2,(H,13,14)(H,15,16). The normalized spacial score (nSPS) is 10.0. The zero-order valence-electron chi connectivity index (χ0n) is 8.60. The summed E-state index contributed by atoms with van der Waals surface area (Å²) >= 11 is 0. The van der Waals surface area contributed by atoms with Gasteiger partial charge in [-0.25, -0.2) is 0 Å². The Labute approximate surface area is 92.7 Å². The van der Waals surface area contributed by atoms with Crippen LogP contribution < -0.4 is 11.1 Å². The van der Waals surface area contributed by atoms with Crippen molar-refractivity contribution in [2.45, 2.75) is 6.42 Å². The van der Waals surface area contributed by atoms with Gasteiger partial charge in [-0.15, -0.1) is 0 Å². The van der Waals surface area contributed by atoms with E-state index in [-0.39, 0.29) is 12.3 Å². The molecule has 82 valence electrons. The van der Waals surface area contributed by atoms with Gasteiger partial charge in [0.1, 0.15) is 0 Å². The summed E-state index contributed by atoms with van der Waals surface area (Å²) in [5.74, 6) is -0.112. The largest absolute Gasteiger partial charge is 0.398 e. The van der Waals surface area contributed by atoms with E-state index in [2.05, 4.69) is 15.5 Å². The Balaban J connectivity index is 2.00. The lowest BCUT2D eigenvalue weighted by Gasteiger charge is -2.05. The molecule has 1 heterocycles. The Hall–Kier alpha value is -2.30. The Morgan fingerprint density at radius 3 is 2.94 bits per heavy atom. The van der Waals surface area contributed by atoms with Crippen LogP contribution in [0.15, 0.2) is 36.7 Å². The number of nitrogens with zero attached hydrogens (tertiary/aromatic N) is 1.